The number of para-hydroxylation sites is 2. The molecule has 0 fully saturated rings. The molecule has 25 heavy (non-hydrogen) atoms. The number of pyridine rings is 1. The van der Waals surface area contributed by atoms with E-state index in [9.17, 15) is 4.79 Å². The van der Waals surface area contributed by atoms with Gasteiger partial charge in [-0.2, -0.15) is 0 Å². The summed E-state index contributed by atoms with van der Waals surface area (Å²) in [6, 6.07) is 13.6. The Morgan fingerprint density at radius 3 is 2.64 bits per heavy atom. The Balaban J connectivity index is 1.76. The first-order valence-corrected chi connectivity index (χ1v) is 8.16. The number of benzene rings is 2. The van der Waals surface area contributed by atoms with Crippen LogP contribution in [0.2, 0.25) is 0 Å². The van der Waals surface area contributed by atoms with E-state index in [4.69, 9.17) is 0 Å². The molecule has 124 valence electrons. The molecule has 4 rings (SSSR count). The lowest BCUT2D eigenvalue weighted by Gasteiger charge is -2.10. The fourth-order valence-electron chi connectivity index (χ4n) is 3.11. The number of aromatic nitrogens is 3. The number of anilines is 1. The molecule has 5 heteroatoms. The second kappa shape index (κ2) is 5.70. The zero-order chi connectivity index (χ0) is 17.6. The van der Waals surface area contributed by atoms with Crippen molar-refractivity contribution < 1.29 is 4.79 Å². The molecule has 1 amide bonds. The highest BCUT2D eigenvalue weighted by atomic mass is 16.1. The average molecular weight is 330 g/mol. The summed E-state index contributed by atoms with van der Waals surface area (Å²) in [5.41, 5.74) is 5.67. The predicted octanol–water partition coefficient (Wildman–Crippen LogP) is 4.29. The van der Waals surface area contributed by atoms with E-state index in [1.165, 1.54) is 0 Å². The Bertz CT molecular complexity index is 1130. The zero-order valence-electron chi connectivity index (χ0n) is 14.3. The Morgan fingerprint density at radius 1 is 1.00 bits per heavy atom. The number of carbonyl (C=O) groups excluding carboxylic acids is 1. The van der Waals surface area contributed by atoms with E-state index < -0.39 is 0 Å². The number of amides is 1. The molecule has 5 nitrogen and oxygen atoms in total. The highest BCUT2D eigenvalue weighted by Gasteiger charge is 2.15. The topological polar surface area (TPSA) is 70.7 Å². The Morgan fingerprint density at radius 2 is 1.80 bits per heavy atom. The van der Waals surface area contributed by atoms with Crippen molar-refractivity contribution in [1.82, 2.24) is 15.0 Å². The maximum absolute atomic E-state index is 12.8. The van der Waals surface area contributed by atoms with Gasteiger partial charge in [0.2, 0.25) is 0 Å². The number of H-pyrrole nitrogens is 1. The SMILES string of the molecule is Cc1nc2c(NC(=O)c3cc4cccc(C)c4nc3C)cccc2[nH]1. The van der Waals surface area contributed by atoms with Gasteiger partial charge in [-0.15, -0.1) is 0 Å². The molecule has 0 atom stereocenters. The van der Waals surface area contributed by atoms with E-state index in [0.717, 1.165) is 33.3 Å². The highest BCUT2D eigenvalue weighted by molar-refractivity contribution is 6.09. The van der Waals surface area contributed by atoms with Gasteiger partial charge >= 0.3 is 0 Å². The third kappa shape index (κ3) is 2.63. The second-order valence-electron chi connectivity index (χ2n) is 6.25. The minimum atomic E-state index is -0.179. The molecule has 4 aromatic rings. The molecule has 0 saturated heterocycles. The minimum absolute atomic E-state index is 0.179. The maximum Gasteiger partial charge on any atom is 0.257 e. The van der Waals surface area contributed by atoms with Crippen LogP contribution in [0.1, 0.15) is 27.4 Å². The molecule has 2 aromatic carbocycles. The number of nitrogens with zero attached hydrogens (tertiary/aromatic N) is 2. The average Bonchev–Trinajstić information content (AvgIpc) is 2.96. The van der Waals surface area contributed by atoms with Gasteiger partial charge in [-0.1, -0.05) is 24.3 Å². The lowest BCUT2D eigenvalue weighted by Crippen LogP contribution is -2.14. The summed E-state index contributed by atoms with van der Waals surface area (Å²) < 4.78 is 0. The largest absolute Gasteiger partial charge is 0.342 e. The smallest absolute Gasteiger partial charge is 0.257 e. The standard InChI is InChI=1S/C20H18N4O/c1-11-6-4-7-14-10-15(12(2)21-18(11)14)20(25)24-17-9-5-8-16-19(17)23-13(3)22-16/h4-10H,1-3H3,(H,22,23)(H,24,25). The molecular formula is C20H18N4O. The normalized spacial score (nSPS) is 11.2. The summed E-state index contributed by atoms with van der Waals surface area (Å²) >= 11 is 0. The van der Waals surface area contributed by atoms with E-state index in [1.807, 2.05) is 63.2 Å². The third-order valence-corrected chi connectivity index (χ3v) is 4.36. The van der Waals surface area contributed by atoms with Gasteiger partial charge in [0.05, 0.1) is 28.0 Å². The number of fused-ring (bicyclic) bond motifs is 2. The van der Waals surface area contributed by atoms with Crippen molar-refractivity contribution >= 4 is 33.5 Å². The molecule has 0 spiro atoms. The molecular weight excluding hydrogens is 312 g/mol. The number of carbonyl (C=O) groups is 1. The van der Waals surface area contributed by atoms with Crippen molar-refractivity contribution in [2.24, 2.45) is 0 Å². The van der Waals surface area contributed by atoms with Gasteiger partial charge in [0.25, 0.3) is 5.91 Å². The van der Waals surface area contributed by atoms with Crippen molar-refractivity contribution in [3.63, 3.8) is 0 Å². The molecule has 0 aliphatic carbocycles. The van der Waals surface area contributed by atoms with Crippen LogP contribution in [-0.4, -0.2) is 20.9 Å². The number of imidazole rings is 1. The zero-order valence-corrected chi connectivity index (χ0v) is 14.3. The van der Waals surface area contributed by atoms with Crippen LogP contribution in [0.25, 0.3) is 21.9 Å². The molecule has 0 aliphatic rings. The van der Waals surface area contributed by atoms with E-state index in [1.54, 1.807) is 0 Å². The van der Waals surface area contributed by atoms with Gasteiger partial charge in [-0.3, -0.25) is 9.78 Å². The monoisotopic (exact) mass is 330 g/mol. The molecule has 0 saturated carbocycles. The Labute approximate surface area is 145 Å². The first kappa shape index (κ1) is 15.3. The summed E-state index contributed by atoms with van der Waals surface area (Å²) in [6.07, 6.45) is 0. The summed E-state index contributed by atoms with van der Waals surface area (Å²) in [7, 11) is 0. The number of aromatic amines is 1. The van der Waals surface area contributed by atoms with E-state index >= 15 is 0 Å². The Hall–Kier alpha value is -3.21. The lowest BCUT2D eigenvalue weighted by atomic mass is 10.1. The van der Waals surface area contributed by atoms with Crippen molar-refractivity contribution in [2.75, 3.05) is 5.32 Å². The fraction of sp³-hybridized carbons (Fsp3) is 0.150. The van der Waals surface area contributed by atoms with Crippen molar-refractivity contribution in [3.8, 4) is 0 Å². The lowest BCUT2D eigenvalue weighted by molar-refractivity contribution is 0.102. The van der Waals surface area contributed by atoms with Crippen molar-refractivity contribution in [3.05, 3.63) is 65.1 Å². The number of aryl methyl sites for hydroxylation is 3. The van der Waals surface area contributed by atoms with E-state index in [-0.39, 0.29) is 5.91 Å². The number of hydrogen-bond acceptors (Lipinski definition) is 3. The van der Waals surface area contributed by atoms with Gasteiger partial charge < -0.3 is 10.3 Å². The fourth-order valence-corrected chi connectivity index (χ4v) is 3.11. The van der Waals surface area contributed by atoms with Crippen LogP contribution >= 0.6 is 0 Å². The minimum Gasteiger partial charge on any atom is -0.342 e. The quantitative estimate of drug-likeness (QED) is 0.576. The first-order valence-electron chi connectivity index (χ1n) is 8.16. The van der Waals surface area contributed by atoms with E-state index in [2.05, 4.69) is 20.3 Å². The number of hydrogen-bond donors (Lipinski definition) is 2. The summed E-state index contributed by atoms with van der Waals surface area (Å²) in [4.78, 5) is 25.1. The summed E-state index contributed by atoms with van der Waals surface area (Å²) in [5, 5.41) is 3.94. The first-order chi connectivity index (χ1) is 12.0. The van der Waals surface area contributed by atoms with Gasteiger partial charge in [0.1, 0.15) is 11.3 Å². The highest BCUT2D eigenvalue weighted by Crippen LogP contribution is 2.24. The van der Waals surface area contributed by atoms with Gasteiger partial charge in [0, 0.05) is 5.39 Å². The molecule has 0 bridgehead atoms. The number of rotatable bonds is 2. The van der Waals surface area contributed by atoms with E-state index in [0.29, 0.717) is 16.9 Å². The van der Waals surface area contributed by atoms with Gasteiger partial charge in [-0.25, -0.2) is 4.98 Å². The van der Waals surface area contributed by atoms with Crippen LogP contribution in [0.15, 0.2) is 42.5 Å². The van der Waals surface area contributed by atoms with Crippen LogP contribution in [0, 0.1) is 20.8 Å². The molecule has 2 heterocycles. The predicted molar refractivity (Wildman–Crippen MR) is 100 cm³/mol. The Kier molecular flexibility index (Phi) is 3.50. The van der Waals surface area contributed by atoms with Crippen LogP contribution in [-0.2, 0) is 0 Å². The summed E-state index contributed by atoms with van der Waals surface area (Å²) in [6.45, 7) is 5.78. The molecule has 0 aliphatic heterocycles. The second-order valence-corrected chi connectivity index (χ2v) is 6.25. The van der Waals surface area contributed by atoms with Crippen LogP contribution in [0.5, 0.6) is 0 Å². The van der Waals surface area contributed by atoms with Crippen LogP contribution in [0.4, 0.5) is 5.69 Å². The maximum atomic E-state index is 12.8. The third-order valence-electron chi connectivity index (χ3n) is 4.36. The van der Waals surface area contributed by atoms with Crippen molar-refractivity contribution in [1.29, 1.82) is 0 Å². The van der Waals surface area contributed by atoms with Gasteiger partial charge in [0.15, 0.2) is 0 Å². The molecule has 0 unspecified atom stereocenters. The number of nitrogens with one attached hydrogen (secondary N) is 2. The van der Waals surface area contributed by atoms with Gasteiger partial charge in [-0.05, 0) is 44.5 Å². The van der Waals surface area contributed by atoms with Crippen LogP contribution in [0.3, 0.4) is 0 Å². The van der Waals surface area contributed by atoms with Crippen LogP contribution < -0.4 is 5.32 Å². The van der Waals surface area contributed by atoms with Crippen molar-refractivity contribution in [2.45, 2.75) is 20.8 Å². The summed E-state index contributed by atoms with van der Waals surface area (Å²) in [5.74, 6) is 0.636. The molecule has 2 aromatic heterocycles. The molecule has 2 N–H and O–H groups in total. The molecule has 0 radical (unpaired) electrons.